The molecule has 0 aliphatic heterocycles. The molecule has 102 valence electrons. The van der Waals surface area contributed by atoms with Gasteiger partial charge in [0, 0.05) is 0 Å². The summed E-state index contributed by atoms with van der Waals surface area (Å²) in [6.07, 6.45) is 0. The maximum Gasteiger partial charge on any atom is 0.146 e. The third-order valence-corrected chi connectivity index (χ3v) is 3.15. The van der Waals surface area contributed by atoms with Gasteiger partial charge >= 0.3 is 0 Å². The van der Waals surface area contributed by atoms with Crippen LogP contribution < -0.4 is 5.32 Å². The van der Waals surface area contributed by atoms with Crippen molar-refractivity contribution in [2.75, 3.05) is 5.32 Å². The molecule has 0 spiro atoms. The highest BCUT2D eigenvalue weighted by Gasteiger charge is 2.14. The lowest BCUT2D eigenvalue weighted by atomic mass is 10.0. The van der Waals surface area contributed by atoms with E-state index in [9.17, 15) is 14.8 Å². The molecule has 2 aromatic rings. The first-order valence-corrected chi connectivity index (χ1v) is 6.23. The molecule has 1 atom stereocenters. The molecule has 20 heavy (non-hydrogen) atoms. The number of phenols is 1. The lowest BCUT2D eigenvalue weighted by Gasteiger charge is -2.16. The summed E-state index contributed by atoms with van der Waals surface area (Å²) in [5.74, 6) is -0.184. The van der Waals surface area contributed by atoms with E-state index in [-0.39, 0.29) is 11.4 Å². The molecule has 1 unspecified atom stereocenters. The second-order valence-corrected chi connectivity index (χ2v) is 4.69. The molecule has 0 bridgehead atoms. The van der Waals surface area contributed by atoms with Gasteiger partial charge in [0.05, 0.1) is 11.8 Å². The zero-order chi connectivity index (χ0) is 14.7. The number of nitrogens with zero attached hydrogens (tertiary/aromatic N) is 1. The van der Waals surface area contributed by atoms with Crippen LogP contribution in [0.4, 0.5) is 10.1 Å². The summed E-state index contributed by atoms with van der Waals surface area (Å²) in [6.45, 7) is 3.53. The molecule has 4 heteroatoms. The zero-order valence-electron chi connectivity index (χ0n) is 11.3. The van der Waals surface area contributed by atoms with Gasteiger partial charge in [-0.05, 0) is 54.8 Å². The summed E-state index contributed by atoms with van der Waals surface area (Å²) in [5.41, 5.74) is 2.36. The van der Waals surface area contributed by atoms with Gasteiger partial charge in [-0.1, -0.05) is 12.1 Å². The van der Waals surface area contributed by atoms with Gasteiger partial charge in [0.15, 0.2) is 0 Å². The molecule has 0 saturated heterocycles. The van der Waals surface area contributed by atoms with Crippen molar-refractivity contribution < 1.29 is 9.50 Å². The van der Waals surface area contributed by atoms with Gasteiger partial charge in [-0.3, -0.25) is 0 Å². The highest BCUT2D eigenvalue weighted by atomic mass is 19.1. The van der Waals surface area contributed by atoms with Crippen LogP contribution in [-0.2, 0) is 0 Å². The number of nitrogens with one attached hydrogen (secondary N) is 1. The van der Waals surface area contributed by atoms with Crippen LogP contribution in [0, 0.1) is 31.0 Å². The number of rotatable bonds is 3. The normalized spacial score (nSPS) is 11.7. The maximum absolute atomic E-state index is 13.6. The van der Waals surface area contributed by atoms with E-state index in [1.165, 1.54) is 6.07 Å². The van der Waals surface area contributed by atoms with Crippen molar-refractivity contribution in [2.24, 2.45) is 0 Å². The molecule has 3 nitrogen and oxygen atoms in total. The molecule has 0 fully saturated rings. The second kappa shape index (κ2) is 5.62. The largest absolute Gasteiger partial charge is 0.507 e. The molecule has 0 aliphatic rings. The molecular weight excluding hydrogens is 255 g/mol. The molecular formula is C16H15FN2O. The third kappa shape index (κ3) is 2.72. The summed E-state index contributed by atoms with van der Waals surface area (Å²) < 4.78 is 13.6. The first-order chi connectivity index (χ1) is 9.52. The monoisotopic (exact) mass is 270 g/mol. The minimum Gasteiger partial charge on any atom is -0.507 e. The van der Waals surface area contributed by atoms with E-state index in [4.69, 9.17) is 0 Å². The number of hydrogen-bond donors (Lipinski definition) is 2. The summed E-state index contributed by atoms with van der Waals surface area (Å²) in [7, 11) is 0. The SMILES string of the molecule is Cc1cc(C(C#N)Nc2ccccc2F)cc(C)c1O. The topological polar surface area (TPSA) is 56.0 Å². The van der Waals surface area contributed by atoms with Crippen molar-refractivity contribution in [1.29, 1.82) is 5.26 Å². The Kier molecular flexibility index (Phi) is 3.90. The number of hydrogen-bond acceptors (Lipinski definition) is 3. The molecule has 2 N–H and O–H groups in total. The first-order valence-electron chi connectivity index (χ1n) is 6.23. The van der Waals surface area contributed by atoms with Gasteiger partial charge < -0.3 is 10.4 Å². The molecule has 0 aromatic heterocycles. The van der Waals surface area contributed by atoms with Crippen LogP contribution in [0.5, 0.6) is 5.75 Å². The van der Waals surface area contributed by atoms with Crippen molar-refractivity contribution in [2.45, 2.75) is 19.9 Å². The van der Waals surface area contributed by atoms with E-state index in [2.05, 4.69) is 11.4 Å². The van der Waals surface area contributed by atoms with E-state index in [1.807, 2.05) is 0 Å². The van der Waals surface area contributed by atoms with E-state index >= 15 is 0 Å². The number of aromatic hydroxyl groups is 1. The van der Waals surface area contributed by atoms with E-state index in [1.54, 1.807) is 44.2 Å². The van der Waals surface area contributed by atoms with Crippen molar-refractivity contribution in [3.05, 3.63) is 58.9 Å². The van der Waals surface area contributed by atoms with Crippen molar-refractivity contribution in [1.82, 2.24) is 0 Å². The molecule has 0 aliphatic carbocycles. The Labute approximate surface area is 117 Å². The van der Waals surface area contributed by atoms with Gasteiger partial charge in [0.2, 0.25) is 0 Å². The zero-order valence-corrected chi connectivity index (χ0v) is 11.3. The number of nitriles is 1. The van der Waals surface area contributed by atoms with Crippen LogP contribution in [0.15, 0.2) is 36.4 Å². The van der Waals surface area contributed by atoms with E-state index in [0.717, 1.165) is 0 Å². The minimum atomic E-state index is -0.676. The van der Waals surface area contributed by atoms with Gasteiger partial charge in [-0.2, -0.15) is 5.26 Å². The fourth-order valence-electron chi connectivity index (χ4n) is 2.08. The van der Waals surface area contributed by atoms with Crippen LogP contribution in [0.3, 0.4) is 0 Å². The van der Waals surface area contributed by atoms with E-state index < -0.39 is 11.9 Å². The smallest absolute Gasteiger partial charge is 0.146 e. The summed E-state index contributed by atoms with van der Waals surface area (Å²) in [5, 5.41) is 21.9. The van der Waals surface area contributed by atoms with E-state index in [0.29, 0.717) is 16.7 Å². The first kappa shape index (κ1) is 13.9. The second-order valence-electron chi connectivity index (χ2n) is 4.69. The molecule has 2 rings (SSSR count). The Balaban J connectivity index is 2.35. The fraction of sp³-hybridized carbons (Fsp3) is 0.188. The average Bonchev–Trinajstić information content (AvgIpc) is 2.43. The van der Waals surface area contributed by atoms with Gasteiger partial charge in [-0.25, -0.2) is 4.39 Å². The van der Waals surface area contributed by atoms with Crippen molar-refractivity contribution in [3.63, 3.8) is 0 Å². The van der Waals surface area contributed by atoms with Crippen LogP contribution in [0.25, 0.3) is 0 Å². The number of anilines is 1. The van der Waals surface area contributed by atoms with Crippen LogP contribution >= 0.6 is 0 Å². The van der Waals surface area contributed by atoms with Gasteiger partial charge in [0.25, 0.3) is 0 Å². The quantitative estimate of drug-likeness (QED) is 0.891. The van der Waals surface area contributed by atoms with Gasteiger partial charge in [0.1, 0.15) is 17.6 Å². The third-order valence-electron chi connectivity index (χ3n) is 3.15. The van der Waals surface area contributed by atoms with Crippen molar-refractivity contribution in [3.8, 4) is 11.8 Å². The summed E-state index contributed by atoms with van der Waals surface area (Å²) >= 11 is 0. The Morgan fingerprint density at radius 2 is 1.80 bits per heavy atom. The Bertz CT molecular complexity index is 653. The minimum absolute atomic E-state index is 0.219. The Hall–Kier alpha value is -2.54. The molecule has 0 saturated carbocycles. The maximum atomic E-state index is 13.6. The van der Waals surface area contributed by atoms with Crippen LogP contribution in [0.1, 0.15) is 22.7 Å². The lowest BCUT2D eigenvalue weighted by Crippen LogP contribution is -2.10. The predicted octanol–water partition coefficient (Wildman–Crippen LogP) is 3.82. The predicted molar refractivity (Wildman–Crippen MR) is 76.0 cm³/mol. The average molecular weight is 270 g/mol. The molecule has 0 heterocycles. The molecule has 0 radical (unpaired) electrons. The number of benzene rings is 2. The summed E-state index contributed by atoms with van der Waals surface area (Å²) in [4.78, 5) is 0. The molecule has 0 amide bonds. The number of aryl methyl sites for hydroxylation is 2. The Morgan fingerprint density at radius 3 is 2.35 bits per heavy atom. The van der Waals surface area contributed by atoms with Gasteiger partial charge in [-0.15, -0.1) is 0 Å². The van der Waals surface area contributed by atoms with Crippen molar-refractivity contribution >= 4 is 5.69 Å². The lowest BCUT2D eigenvalue weighted by molar-refractivity contribution is 0.466. The highest BCUT2D eigenvalue weighted by Crippen LogP contribution is 2.28. The Morgan fingerprint density at radius 1 is 1.20 bits per heavy atom. The van der Waals surface area contributed by atoms with Crippen LogP contribution in [0.2, 0.25) is 0 Å². The number of phenolic OH excluding ortho intramolecular Hbond substituents is 1. The summed E-state index contributed by atoms with van der Waals surface area (Å²) in [6, 6.07) is 11.1. The highest BCUT2D eigenvalue weighted by molar-refractivity contribution is 5.51. The standard InChI is InChI=1S/C16H15FN2O/c1-10-7-12(8-11(2)16(10)20)15(9-18)19-14-6-4-3-5-13(14)17/h3-8,15,19-20H,1-2H3. The molecule has 2 aromatic carbocycles. The number of para-hydroxylation sites is 1. The number of halogens is 1. The fourth-order valence-corrected chi connectivity index (χ4v) is 2.08. The van der Waals surface area contributed by atoms with Crippen LogP contribution in [-0.4, -0.2) is 5.11 Å².